The summed E-state index contributed by atoms with van der Waals surface area (Å²) < 4.78 is 71.3. The van der Waals surface area contributed by atoms with Crippen molar-refractivity contribution in [3.05, 3.63) is 102 Å². The van der Waals surface area contributed by atoms with Gasteiger partial charge in [0.15, 0.2) is 0 Å². The predicted octanol–water partition coefficient (Wildman–Crippen LogP) is 11.5. The molecule has 330 valence electrons. The minimum absolute atomic E-state index is 0.150. The number of aromatic nitrogens is 4. The first kappa shape index (κ1) is 45.7. The fraction of sp³-hybridized carbons (Fsp3) is 0.381. The molecule has 4 N–H and O–H groups in total. The van der Waals surface area contributed by atoms with E-state index in [4.69, 9.17) is 56.6 Å². The summed E-state index contributed by atoms with van der Waals surface area (Å²) in [5, 5.41) is 34.5. The number of benzene rings is 2. The maximum Gasteiger partial charge on any atom is 0.304 e. The molecule has 2 aromatic carbocycles. The molecule has 2 aliphatic rings. The Morgan fingerprint density at radius 2 is 0.968 bits per heavy atom. The van der Waals surface area contributed by atoms with Crippen molar-refractivity contribution in [2.24, 2.45) is 0 Å². The highest BCUT2D eigenvalue weighted by Gasteiger charge is 2.33. The van der Waals surface area contributed by atoms with Crippen LogP contribution in [0.5, 0.6) is 0 Å². The van der Waals surface area contributed by atoms with Gasteiger partial charge in [-0.3, -0.25) is 9.11 Å². The zero-order valence-electron chi connectivity index (χ0n) is 33.0. The Morgan fingerprint density at radius 1 is 0.581 bits per heavy atom. The standard InChI is InChI=1S/C42H42Cl4N4O8S4/c43-25-15-17-31(29(45)21-25)49-39-27(11-7-9-23-19-35(59-41(23)39)61(53,54)55)37(47-49)33(51)13-5-3-1-2-4-6-14-34(52)38-28-12-8-10-24-20-36(62(56,57)58)60-42(24)40(28)50(48-38)32-18-16-26(44)22-30(32)46/h15-22,33-34,51-52H,1-14H2,(H,53,54,55)(H,56,57,58). The number of halogens is 4. The van der Waals surface area contributed by atoms with Crippen LogP contribution in [0.1, 0.15) is 110 Å². The molecule has 2 atom stereocenters. The van der Waals surface area contributed by atoms with Gasteiger partial charge in [0.2, 0.25) is 0 Å². The van der Waals surface area contributed by atoms with Crippen LogP contribution in [0, 0.1) is 0 Å². The van der Waals surface area contributed by atoms with E-state index in [1.165, 1.54) is 12.1 Å². The van der Waals surface area contributed by atoms with E-state index in [1.807, 2.05) is 0 Å². The second-order valence-electron chi connectivity index (χ2n) is 15.7. The Morgan fingerprint density at radius 3 is 1.34 bits per heavy atom. The van der Waals surface area contributed by atoms with Crippen LogP contribution in [-0.4, -0.2) is 55.7 Å². The van der Waals surface area contributed by atoms with Crippen LogP contribution in [0.25, 0.3) is 32.5 Å². The van der Waals surface area contributed by atoms with Crippen molar-refractivity contribution in [2.45, 2.75) is 111 Å². The number of hydrogen-bond donors (Lipinski definition) is 4. The van der Waals surface area contributed by atoms with E-state index in [0.29, 0.717) is 115 Å². The Hall–Kier alpha value is -2.84. The third-order valence-electron chi connectivity index (χ3n) is 11.4. The Bertz CT molecular complexity index is 2700. The van der Waals surface area contributed by atoms with Crippen molar-refractivity contribution in [1.82, 2.24) is 19.6 Å². The topological polar surface area (TPSA) is 185 Å². The molecule has 0 saturated heterocycles. The van der Waals surface area contributed by atoms with Gasteiger partial charge in [-0.05, 0) is 111 Å². The fourth-order valence-corrected chi connectivity index (χ4v) is 13.4. The fourth-order valence-electron chi connectivity index (χ4n) is 8.48. The predicted molar refractivity (Wildman–Crippen MR) is 244 cm³/mol. The lowest BCUT2D eigenvalue weighted by atomic mass is 9.99. The molecule has 4 heterocycles. The molecule has 4 aromatic heterocycles. The normalized spacial score (nSPS) is 15.0. The molecule has 62 heavy (non-hydrogen) atoms. The van der Waals surface area contributed by atoms with E-state index in [-0.39, 0.29) is 8.42 Å². The summed E-state index contributed by atoms with van der Waals surface area (Å²) in [5.41, 5.74) is 6.60. The molecule has 0 radical (unpaired) electrons. The Balaban J connectivity index is 0.919. The van der Waals surface area contributed by atoms with Gasteiger partial charge >= 0.3 is 20.2 Å². The minimum Gasteiger partial charge on any atom is -0.387 e. The summed E-state index contributed by atoms with van der Waals surface area (Å²) in [6, 6.07) is 13.1. The van der Waals surface area contributed by atoms with Gasteiger partial charge in [0.25, 0.3) is 0 Å². The highest BCUT2D eigenvalue weighted by Crippen LogP contribution is 2.46. The van der Waals surface area contributed by atoms with Crippen molar-refractivity contribution in [1.29, 1.82) is 0 Å². The lowest BCUT2D eigenvalue weighted by Gasteiger charge is -2.11. The number of thiophene rings is 2. The number of hydrogen-bond acceptors (Lipinski definition) is 10. The van der Waals surface area contributed by atoms with E-state index in [2.05, 4.69) is 0 Å². The summed E-state index contributed by atoms with van der Waals surface area (Å²) >= 11 is 27.7. The number of unbranched alkanes of at least 4 members (excludes halogenated alkanes) is 5. The molecule has 0 fully saturated rings. The molecule has 12 nitrogen and oxygen atoms in total. The number of aliphatic hydroxyl groups is 2. The quantitative estimate of drug-likeness (QED) is 0.0570. The van der Waals surface area contributed by atoms with E-state index < -0.39 is 32.4 Å². The molecule has 20 heteroatoms. The van der Waals surface area contributed by atoms with Crippen LogP contribution < -0.4 is 0 Å². The van der Waals surface area contributed by atoms with E-state index >= 15 is 0 Å². The van der Waals surface area contributed by atoms with Gasteiger partial charge in [0.1, 0.15) is 8.42 Å². The molecule has 0 bridgehead atoms. The van der Waals surface area contributed by atoms with Gasteiger partial charge in [-0.1, -0.05) is 84.9 Å². The zero-order chi connectivity index (χ0) is 44.1. The van der Waals surface area contributed by atoms with Crippen LogP contribution in [0.3, 0.4) is 0 Å². The summed E-state index contributed by atoms with van der Waals surface area (Å²) in [7, 11) is -8.86. The Kier molecular flexibility index (Phi) is 13.7. The van der Waals surface area contributed by atoms with Gasteiger partial charge in [-0.15, -0.1) is 22.7 Å². The van der Waals surface area contributed by atoms with Crippen molar-refractivity contribution in [2.75, 3.05) is 0 Å². The average molecular weight is 1000 g/mol. The van der Waals surface area contributed by atoms with Crippen LogP contribution in [0.4, 0.5) is 0 Å². The van der Waals surface area contributed by atoms with Crippen LogP contribution in [0.2, 0.25) is 20.1 Å². The first-order chi connectivity index (χ1) is 29.5. The number of rotatable bonds is 15. The number of fused-ring (bicyclic) bond motifs is 6. The van der Waals surface area contributed by atoms with Gasteiger partial charge in [0.05, 0.1) is 66.2 Å². The number of nitrogens with zero attached hydrogens (tertiary/aromatic N) is 4. The number of aryl methyl sites for hydroxylation is 2. The SMILES string of the molecule is O=S(=O)(O)c1cc2c(s1)-c1c(c(C(O)CCCCCCCCC(O)c3nn(-c4ccc(Cl)cc4Cl)c4c3CCCc3cc(S(=O)(=O)O)sc3-4)nn1-c1ccc(Cl)cc1Cl)CCC2. The maximum atomic E-state index is 12.1. The third-order valence-corrected chi connectivity index (χ3v) is 17.4. The number of aliphatic hydroxyl groups excluding tert-OH is 2. The second kappa shape index (κ2) is 18.6. The van der Waals surface area contributed by atoms with Gasteiger partial charge in [0, 0.05) is 21.2 Å². The van der Waals surface area contributed by atoms with Gasteiger partial charge in [-0.2, -0.15) is 27.0 Å². The molecular weight excluding hydrogens is 959 g/mol. The highest BCUT2D eigenvalue weighted by molar-refractivity contribution is 7.88. The molecule has 8 rings (SSSR count). The molecule has 6 aromatic rings. The lowest BCUT2D eigenvalue weighted by Crippen LogP contribution is -2.04. The van der Waals surface area contributed by atoms with Gasteiger partial charge in [-0.25, -0.2) is 9.36 Å². The summed E-state index contributed by atoms with van der Waals surface area (Å²) in [5.74, 6) is 0. The molecule has 0 aliphatic heterocycles. The second-order valence-corrected chi connectivity index (χ2v) is 22.8. The largest absolute Gasteiger partial charge is 0.387 e. The molecule has 2 unspecified atom stereocenters. The van der Waals surface area contributed by atoms with Crippen LogP contribution >= 0.6 is 69.1 Å². The monoisotopic (exact) mass is 998 g/mol. The smallest absolute Gasteiger partial charge is 0.304 e. The first-order valence-corrected chi connectivity index (χ1v) is 26.2. The zero-order valence-corrected chi connectivity index (χ0v) is 39.3. The first-order valence-electron chi connectivity index (χ1n) is 20.2. The van der Waals surface area contributed by atoms with E-state index in [0.717, 1.165) is 83.5 Å². The van der Waals surface area contributed by atoms with Crippen molar-refractivity contribution < 1.29 is 36.2 Å². The summed E-state index contributed by atoms with van der Waals surface area (Å²) in [6.45, 7) is 0. The molecule has 2 aliphatic carbocycles. The highest BCUT2D eigenvalue weighted by atomic mass is 35.5. The minimum atomic E-state index is -4.43. The third kappa shape index (κ3) is 9.44. The summed E-state index contributed by atoms with van der Waals surface area (Å²) in [4.78, 5) is 1.32. The van der Waals surface area contributed by atoms with Crippen molar-refractivity contribution in [3.8, 4) is 32.5 Å². The molecular formula is C42H42Cl4N4O8S4. The van der Waals surface area contributed by atoms with Crippen LogP contribution in [0.15, 0.2) is 56.9 Å². The van der Waals surface area contributed by atoms with E-state index in [1.54, 1.807) is 45.8 Å². The van der Waals surface area contributed by atoms with Crippen molar-refractivity contribution >= 4 is 89.3 Å². The molecule has 0 saturated carbocycles. The molecule has 0 spiro atoms. The van der Waals surface area contributed by atoms with Crippen LogP contribution in [-0.2, 0) is 45.9 Å². The lowest BCUT2D eigenvalue weighted by molar-refractivity contribution is 0.155. The summed E-state index contributed by atoms with van der Waals surface area (Å²) in [6.07, 6.45) is 8.05. The molecule has 0 amide bonds. The van der Waals surface area contributed by atoms with E-state index in [9.17, 15) is 36.2 Å². The Labute approximate surface area is 387 Å². The maximum absolute atomic E-state index is 12.1. The average Bonchev–Trinajstić information content (AvgIpc) is 3.95. The van der Waals surface area contributed by atoms with Gasteiger partial charge < -0.3 is 10.2 Å². The van der Waals surface area contributed by atoms with Crippen molar-refractivity contribution in [3.63, 3.8) is 0 Å².